The lowest BCUT2D eigenvalue weighted by Crippen LogP contribution is -2.11. The van der Waals surface area contributed by atoms with Crippen molar-refractivity contribution in [2.45, 2.75) is 26.2 Å². The number of benzene rings is 1. The summed E-state index contributed by atoms with van der Waals surface area (Å²) in [6.45, 7) is 6.56. The molecule has 1 nitrogen and oxygen atoms in total. The molecule has 0 fully saturated rings. The standard InChI is InChI=1S/C13H14ClN/c1-13(2,3)10-6-9-4-5-11(14)7-12(9)15-8-10/h4-8H,1-3H3. The molecular formula is C13H14ClN. The second kappa shape index (κ2) is 3.49. The molecule has 2 aromatic rings. The number of nitrogens with zero attached hydrogens (tertiary/aromatic N) is 1. The minimum atomic E-state index is 0.140. The van der Waals surface area contributed by atoms with Crippen molar-refractivity contribution in [1.82, 2.24) is 4.98 Å². The molecule has 1 heterocycles. The van der Waals surface area contributed by atoms with Crippen molar-refractivity contribution in [3.8, 4) is 0 Å². The largest absolute Gasteiger partial charge is 0.256 e. The van der Waals surface area contributed by atoms with Crippen LogP contribution < -0.4 is 0 Å². The van der Waals surface area contributed by atoms with Crippen LogP contribution in [0, 0.1) is 0 Å². The molecule has 0 saturated heterocycles. The second-order valence-electron chi connectivity index (χ2n) is 4.81. The Morgan fingerprint density at radius 2 is 1.87 bits per heavy atom. The lowest BCUT2D eigenvalue weighted by Gasteiger charge is -2.18. The quantitative estimate of drug-likeness (QED) is 0.648. The van der Waals surface area contributed by atoms with Crippen molar-refractivity contribution in [1.29, 1.82) is 0 Å². The Kier molecular flexibility index (Phi) is 2.43. The van der Waals surface area contributed by atoms with E-state index in [-0.39, 0.29) is 5.41 Å². The lowest BCUT2D eigenvalue weighted by molar-refractivity contribution is 0.589. The van der Waals surface area contributed by atoms with Crippen molar-refractivity contribution < 1.29 is 0 Å². The third-order valence-electron chi connectivity index (χ3n) is 2.51. The highest BCUT2D eigenvalue weighted by Gasteiger charge is 2.14. The van der Waals surface area contributed by atoms with Gasteiger partial charge in [-0.25, -0.2) is 0 Å². The maximum atomic E-state index is 5.91. The molecule has 2 rings (SSSR count). The topological polar surface area (TPSA) is 12.9 Å². The summed E-state index contributed by atoms with van der Waals surface area (Å²) >= 11 is 5.91. The summed E-state index contributed by atoms with van der Waals surface area (Å²) in [6.07, 6.45) is 1.93. The molecule has 78 valence electrons. The van der Waals surface area contributed by atoms with E-state index in [4.69, 9.17) is 11.6 Å². The van der Waals surface area contributed by atoms with Crippen LogP contribution in [-0.2, 0) is 5.41 Å². The Balaban J connectivity index is 2.62. The van der Waals surface area contributed by atoms with Gasteiger partial charge in [0.15, 0.2) is 0 Å². The molecule has 0 saturated carbocycles. The molecule has 0 bridgehead atoms. The Morgan fingerprint density at radius 1 is 1.13 bits per heavy atom. The number of halogens is 1. The summed E-state index contributed by atoms with van der Waals surface area (Å²) in [6, 6.07) is 7.99. The fourth-order valence-corrected chi connectivity index (χ4v) is 1.67. The number of hydrogen-bond acceptors (Lipinski definition) is 1. The van der Waals surface area contributed by atoms with Gasteiger partial charge in [-0.2, -0.15) is 0 Å². The maximum absolute atomic E-state index is 5.91. The van der Waals surface area contributed by atoms with Gasteiger partial charge >= 0.3 is 0 Å². The lowest BCUT2D eigenvalue weighted by atomic mass is 9.88. The minimum Gasteiger partial charge on any atom is -0.256 e. The van der Waals surface area contributed by atoms with Crippen LogP contribution in [0.15, 0.2) is 30.5 Å². The summed E-state index contributed by atoms with van der Waals surface area (Å²) in [5.41, 5.74) is 2.34. The summed E-state index contributed by atoms with van der Waals surface area (Å²) in [4.78, 5) is 4.42. The van der Waals surface area contributed by atoms with Gasteiger partial charge < -0.3 is 0 Å². The Hall–Kier alpha value is -1.08. The van der Waals surface area contributed by atoms with Gasteiger partial charge in [-0.15, -0.1) is 0 Å². The summed E-state index contributed by atoms with van der Waals surface area (Å²) in [5, 5.41) is 1.88. The Morgan fingerprint density at radius 3 is 2.53 bits per heavy atom. The molecule has 0 aliphatic rings. The molecule has 1 aromatic carbocycles. The van der Waals surface area contributed by atoms with E-state index in [1.165, 1.54) is 5.56 Å². The van der Waals surface area contributed by atoms with E-state index in [9.17, 15) is 0 Å². The Labute approximate surface area is 95.1 Å². The molecule has 0 atom stereocenters. The van der Waals surface area contributed by atoms with Crippen LogP contribution in [0.5, 0.6) is 0 Å². The molecule has 2 heteroatoms. The first-order chi connectivity index (χ1) is 6.97. The summed E-state index contributed by atoms with van der Waals surface area (Å²) < 4.78 is 0. The van der Waals surface area contributed by atoms with Gasteiger partial charge in [-0.05, 0) is 29.2 Å². The highest BCUT2D eigenvalue weighted by Crippen LogP contribution is 2.25. The van der Waals surface area contributed by atoms with Crippen LogP contribution in [0.3, 0.4) is 0 Å². The van der Waals surface area contributed by atoms with Gasteiger partial charge in [0.05, 0.1) is 5.52 Å². The first-order valence-corrected chi connectivity index (χ1v) is 5.40. The number of aromatic nitrogens is 1. The molecule has 1 aromatic heterocycles. The van der Waals surface area contributed by atoms with E-state index in [0.29, 0.717) is 0 Å². The number of hydrogen-bond donors (Lipinski definition) is 0. The first-order valence-electron chi connectivity index (χ1n) is 5.02. The molecule has 0 aliphatic carbocycles. The van der Waals surface area contributed by atoms with Crippen LogP contribution in [0.4, 0.5) is 0 Å². The highest BCUT2D eigenvalue weighted by atomic mass is 35.5. The van der Waals surface area contributed by atoms with Gasteiger partial charge in [0, 0.05) is 16.6 Å². The van der Waals surface area contributed by atoms with E-state index in [0.717, 1.165) is 15.9 Å². The summed E-state index contributed by atoms with van der Waals surface area (Å²) in [7, 11) is 0. The SMILES string of the molecule is CC(C)(C)c1cnc2cc(Cl)ccc2c1. The van der Waals surface area contributed by atoms with Crippen molar-refractivity contribution in [2.24, 2.45) is 0 Å². The molecular weight excluding hydrogens is 206 g/mol. The first kappa shape index (κ1) is 10.4. The average molecular weight is 220 g/mol. The second-order valence-corrected chi connectivity index (χ2v) is 5.25. The zero-order valence-corrected chi connectivity index (χ0v) is 9.97. The monoisotopic (exact) mass is 219 g/mol. The van der Waals surface area contributed by atoms with Crippen molar-refractivity contribution in [3.05, 3.63) is 41.0 Å². The zero-order valence-electron chi connectivity index (χ0n) is 9.21. The van der Waals surface area contributed by atoms with E-state index in [2.05, 4.69) is 31.8 Å². The maximum Gasteiger partial charge on any atom is 0.0716 e. The fourth-order valence-electron chi connectivity index (χ4n) is 1.50. The van der Waals surface area contributed by atoms with Crippen LogP contribution in [0.1, 0.15) is 26.3 Å². The van der Waals surface area contributed by atoms with Crippen molar-refractivity contribution >= 4 is 22.5 Å². The van der Waals surface area contributed by atoms with Crippen LogP contribution in [0.2, 0.25) is 5.02 Å². The van der Waals surface area contributed by atoms with Crippen LogP contribution >= 0.6 is 11.6 Å². The molecule has 0 aliphatic heterocycles. The Bertz CT molecular complexity index is 497. The number of fused-ring (bicyclic) bond motifs is 1. The third kappa shape index (κ3) is 2.13. The van der Waals surface area contributed by atoms with Crippen molar-refractivity contribution in [2.75, 3.05) is 0 Å². The summed E-state index contributed by atoms with van der Waals surface area (Å²) in [5.74, 6) is 0. The van der Waals surface area contributed by atoms with E-state index < -0.39 is 0 Å². The van der Waals surface area contributed by atoms with E-state index >= 15 is 0 Å². The van der Waals surface area contributed by atoms with Gasteiger partial charge in [-0.1, -0.05) is 38.4 Å². The molecule has 15 heavy (non-hydrogen) atoms. The fraction of sp³-hybridized carbons (Fsp3) is 0.308. The zero-order chi connectivity index (χ0) is 11.1. The van der Waals surface area contributed by atoms with Crippen LogP contribution in [-0.4, -0.2) is 4.98 Å². The van der Waals surface area contributed by atoms with Gasteiger partial charge in [0.1, 0.15) is 0 Å². The highest BCUT2D eigenvalue weighted by molar-refractivity contribution is 6.31. The smallest absolute Gasteiger partial charge is 0.0716 e. The molecule has 0 amide bonds. The molecule has 0 radical (unpaired) electrons. The third-order valence-corrected chi connectivity index (χ3v) is 2.75. The van der Waals surface area contributed by atoms with E-state index in [1.807, 2.05) is 24.4 Å². The van der Waals surface area contributed by atoms with Gasteiger partial charge in [-0.3, -0.25) is 4.98 Å². The predicted octanol–water partition coefficient (Wildman–Crippen LogP) is 4.19. The van der Waals surface area contributed by atoms with Gasteiger partial charge in [0.2, 0.25) is 0 Å². The van der Waals surface area contributed by atoms with Crippen molar-refractivity contribution in [3.63, 3.8) is 0 Å². The number of pyridine rings is 1. The molecule has 0 N–H and O–H groups in total. The average Bonchev–Trinajstić information content (AvgIpc) is 2.15. The minimum absolute atomic E-state index is 0.140. The van der Waals surface area contributed by atoms with Gasteiger partial charge in [0.25, 0.3) is 0 Å². The van der Waals surface area contributed by atoms with E-state index in [1.54, 1.807) is 0 Å². The predicted molar refractivity (Wildman–Crippen MR) is 65.5 cm³/mol. The normalized spacial score (nSPS) is 12.0. The molecule has 0 unspecified atom stereocenters. The molecule has 0 spiro atoms. The van der Waals surface area contributed by atoms with Crippen LogP contribution in [0.25, 0.3) is 10.9 Å². The number of rotatable bonds is 0.